The van der Waals surface area contributed by atoms with Gasteiger partial charge in [-0.25, -0.2) is 4.39 Å². The number of nitrogens with one attached hydrogen (secondary N) is 1. The van der Waals surface area contributed by atoms with Gasteiger partial charge >= 0.3 is 0 Å². The van der Waals surface area contributed by atoms with Crippen LogP contribution in [0.15, 0.2) is 48.5 Å². The van der Waals surface area contributed by atoms with Gasteiger partial charge in [-0.05, 0) is 42.0 Å². The number of methoxy groups -OCH3 is 1. The van der Waals surface area contributed by atoms with Crippen LogP contribution in [0.3, 0.4) is 0 Å². The number of benzene rings is 2. The molecule has 0 aromatic heterocycles. The predicted molar refractivity (Wildman–Crippen MR) is 92.0 cm³/mol. The Morgan fingerprint density at radius 2 is 1.88 bits per heavy atom. The van der Waals surface area contributed by atoms with Gasteiger partial charge in [-0.1, -0.05) is 12.1 Å². The van der Waals surface area contributed by atoms with Crippen LogP contribution in [0.4, 0.5) is 10.1 Å². The fourth-order valence-corrected chi connectivity index (χ4v) is 2.88. The van der Waals surface area contributed by atoms with Gasteiger partial charge in [0.25, 0.3) is 0 Å². The van der Waals surface area contributed by atoms with E-state index in [-0.39, 0.29) is 36.5 Å². The van der Waals surface area contributed by atoms with E-state index in [4.69, 9.17) is 4.74 Å². The zero-order valence-electron chi connectivity index (χ0n) is 13.9. The monoisotopic (exact) mass is 342 g/mol. The number of amides is 2. The molecule has 1 aliphatic heterocycles. The van der Waals surface area contributed by atoms with E-state index in [1.807, 2.05) is 12.1 Å². The molecule has 0 spiro atoms. The second-order valence-electron chi connectivity index (χ2n) is 5.97. The van der Waals surface area contributed by atoms with Crippen LogP contribution in [0.2, 0.25) is 0 Å². The van der Waals surface area contributed by atoms with Crippen molar-refractivity contribution in [3.63, 3.8) is 0 Å². The van der Waals surface area contributed by atoms with Gasteiger partial charge in [0.15, 0.2) is 0 Å². The summed E-state index contributed by atoms with van der Waals surface area (Å²) in [5.74, 6) is 0.179. The molecule has 1 fully saturated rings. The molecule has 0 bridgehead atoms. The van der Waals surface area contributed by atoms with Crippen molar-refractivity contribution >= 4 is 17.5 Å². The fourth-order valence-electron chi connectivity index (χ4n) is 2.88. The molecule has 1 atom stereocenters. The Morgan fingerprint density at radius 1 is 1.20 bits per heavy atom. The Bertz CT molecular complexity index is 759. The summed E-state index contributed by atoms with van der Waals surface area (Å²) in [6, 6.07) is 12.8. The first kappa shape index (κ1) is 17.0. The summed E-state index contributed by atoms with van der Waals surface area (Å²) in [7, 11) is 1.59. The summed E-state index contributed by atoms with van der Waals surface area (Å²) >= 11 is 0. The summed E-state index contributed by atoms with van der Waals surface area (Å²) in [6.07, 6.45) is 0.425. The van der Waals surface area contributed by atoms with Crippen molar-refractivity contribution in [3.05, 3.63) is 59.9 Å². The lowest BCUT2D eigenvalue weighted by Gasteiger charge is -2.17. The van der Waals surface area contributed by atoms with E-state index in [0.29, 0.717) is 6.54 Å². The maximum absolute atomic E-state index is 12.9. The SMILES string of the molecule is COc1ccc(N2CC(NC(=O)Cc3ccc(F)cc3)CC2=O)cc1. The lowest BCUT2D eigenvalue weighted by atomic mass is 10.1. The number of anilines is 1. The Kier molecular flexibility index (Phi) is 4.97. The molecule has 0 radical (unpaired) electrons. The first-order valence-corrected chi connectivity index (χ1v) is 8.03. The average Bonchev–Trinajstić information content (AvgIpc) is 2.97. The second kappa shape index (κ2) is 7.34. The normalized spacial score (nSPS) is 16.8. The highest BCUT2D eigenvalue weighted by atomic mass is 19.1. The van der Waals surface area contributed by atoms with Crippen molar-refractivity contribution in [2.75, 3.05) is 18.6 Å². The molecule has 0 saturated carbocycles. The molecule has 6 heteroatoms. The van der Waals surface area contributed by atoms with Crippen molar-refractivity contribution < 1.29 is 18.7 Å². The number of hydrogen-bond donors (Lipinski definition) is 1. The first-order chi connectivity index (χ1) is 12.0. The zero-order chi connectivity index (χ0) is 17.8. The number of carbonyl (C=O) groups excluding carboxylic acids is 2. The van der Waals surface area contributed by atoms with Gasteiger partial charge in [-0.2, -0.15) is 0 Å². The largest absolute Gasteiger partial charge is 0.497 e. The number of ether oxygens (including phenoxy) is 1. The van der Waals surface area contributed by atoms with Gasteiger partial charge in [-0.15, -0.1) is 0 Å². The van der Waals surface area contributed by atoms with Crippen LogP contribution in [-0.2, 0) is 16.0 Å². The summed E-state index contributed by atoms with van der Waals surface area (Å²) in [5.41, 5.74) is 1.51. The maximum Gasteiger partial charge on any atom is 0.229 e. The number of nitrogens with zero attached hydrogens (tertiary/aromatic N) is 1. The van der Waals surface area contributed by atoms with Gasteiger partial charge in [0.1, 0.15) is 11.6 Å². The second-order valence-corrected chi connectivity index (χ2v) is 5.97. The number of hydrogen-bond acceptors (Lipinski definition) is 3. The molecule has 130 valence electrons. The van der Waals surface area contributed by atoms with E-state index in [1.165, 1.54) is 12.1 Å². The molecule has 2 aromatic rings. The predicted octanol–water partition coefficient (Wildman–Crippen LogP) is 2.30. The molecular formula is C19H19FN2O3. The van der Waals surface area contributed by atoms with Crippen LogP contribution >= 0.6 is 0 Å². The lowest BCUT2D eigenvalue weighted by Crippen LogP contribution is -2.38. The van der Waals surface area contributed by atoms with Crippen molar-refractivity contribution in [1.82, 2.24) is 5.32 Å². The molecule has 5 nitrogen and oxygen atoms in total. The minimum Gasteiger partial charge on any atom is -0.497 e. The third-order valence-corrected chi connectivity index (χ3v) is 4.15. The van der Waals surface area contributed by atoms with Crippen molar-refractivity contribution in [1.29, 1.82) is 0 Å². The van der Waals surface area contributed by atoms with Crippen LogP contribution in [0.1, 0.15) is 12.0 Å². The third kappa shape index (κ3) is 4.15. The maximum atomic E-state index is 12.9. The smallest absolute Gasteiger partial charge is 0.229 e. The van der Waals surface area contributed by atoms with Gasteiger partial charge in [0.05, 0.1) is 19.6 Å². The van der Waals surface area contributed by atoms with E-state index < -0.39 is 0 Å². The fraction of sp³-hybridized carbons (Fsp3) is 0.263. The first-order valence-electron chi connectivity index (χ1n) is 8.03. The highest BCUT2D eigenvalue weighted by Gasteiger charge is 2.31. The summed E-state index contributed by atoms with van der Waals surface area (Å²) in [6.45, 7) is 0.431. The van der Waals surface area contributed by atoms with Crippen LogP contribution < -0.4 is 15.0 Å². The molecule has 2 aromatic carbocycles. The molecule has 1 aliphatic rings. The molecule has 3 rings (SSSR count). The molecule has 1 heterocycles. The van der Waals surface area contributed by atoms with Crippen molar-refractivity contribution in [3.8, 4) is 5.75 Å². The Hall–Kier alpha value is -2.89. The molecule has 1 unspecified atom stereocenters. The standard InChI is InChI=1S/C19H19FN2O3/c1-25-17-8-6-16(7-9-17)22-12-15(11-19(22)24)21-18(23)10-13-2-4-14(20)5-3-13/h2-9,15H,10-12H2,1H3,(H,21,23). The van der Waals surface area contributed by atoms with Gasteiger partial charge in [-0.3, -0.25) is 9.59 Å². The van der Waals surface area contributed by atoms with Crippen LogP contribution in [0, 0.1) is 5.82 Å². The van der Waals surface area contributed by atoms with E-state index in [1.54, 1.807) is 36.3 Å². The average molecular weight is 342 g/mol. The molecule has 0 aliphatic carbocycles. The minimum absolute atomic E-state index is 0.0303. The summed E-state index contributed by atoms with van der Waals surface area (Å²) < 4.78 is 18.0. The van der Waals surface area contributed by atoms with Crippen LogP contribution in [0.5, 0.6) is 5.75 Å². The van der Waals surface area contributed by atoms with Gasteiger partial charge in [0.2, 0.25) is 11.8 Å². The molecular weight excluding hydrogens is 323 g/mol. The molecule has 1 N–H and O–H groups in total. The number of carbonyl (C=O) groups is 2. The van der Waals surface area contributed by atoms with Gasteiger partial charge in [0, 0.05) is 18.7 Å². The molecule has 1 saturated heterocycles. The summed E-state index contributed by atoms with van der Waals surface area (Å²) in [5, 5.41) is 2.87. The van der Waals surface area contributed by atoms with E-state index in [9.17, 15) is 14.0 Å². The zero-order valence-corrected chi connectivity index (χ0v) is 13.9. The van der Waals surface area contributed by atoms with Crippen molar-refractivity contribution in [2.24, 2.45) is 0 Å². The number of rotatable bonds is 5. The van der Waals surface area contributed by atoms with E-state index in [2.05, 4.69) is 5.32 Å². The minimum atomic E-state index is -0.333. The molecule has 2 amide bonds. The Balaban J connectivity index is 1.58. The highest BCUT2D eigenvalue weighted by Crippen LogP contribution is 2.24. The lowest BCUT2D eigenvalue weighted by molar-refractivity contribution is -0.121. The van der Waals surface area contributed by atoms with Crippen LogP contribution in [-0.4, -0.2) is 31.5 Å². The molecule has 25 heavy (non-hydrogen) atoms. The van der Waals surface area contributed by atoms with Crippen LogP contribution in [0.25, 0.3) is 0 Å². The number of halogens is 1. The summed E-state index contributed by atoms with van der Waals surface area (Å²) in [4.78, 5) is 26.0. The van der Waals surface area contributed by atoms with E-state index in [0.717, 1.165) is 17.0 Å². The van der Waals surface area contributed by atoms with Crippen molar-refractivity contribution in [2.45, 2.75) is 18.9 Å². The quantitative estimate of drug-likeness (QED) is 0.907. The highest BCUT2D eigenvalue weighted by molar-refractivity contribution is 5.97. The third-order valence-electron chi connectivity index (χ3n) is 4.15. The Morgan fingerprint density at radius 3 is 2.52 bits per heavy atom. The topological polar surface area (TPSA) is 58.6 Å². The Labute approximate surface area is 145 Å². The van der Waals surface area contributed by atoms with E-state index >= 15 is 0 Å². The van der Waals surface area contributed by atoms with Gasteiger partial charge < -0.3 is 15.0 Å².